The molecule has 1 saturated carbocycles. The van der Waals surface area contributed by atoms with Crippen LogP contribution in [0.2, 0.25) is 0 Å². The monoisotopic (exact) mass is 345 g/mol. The first kappa shape index (κ1) is 15.7. The Morgan fingerprint density at radius 1 is 1.42 bits per heavy atom. The van der Waals surface area contributed by atoms with Crippen molar-refractivity contribution in [2.75, 3.05) is 12.9 Å². The highest BCUT2D eigenvalue weighted by Gasteiger charge is 2.66. The molecular formula is C18H19NO4S. The second-order valence-electron chi connectivity index (χ2n) is 6.60. The number of carbonyl (C=O) groups excluding carboxylic acids is 2. The Balaban J connectivity index is 1.94. The van der Waals surface area contributed by atoms with Crippen molar-refractivity contribution in [1.82, 2.24) is 5.32 Å². The van der Waals surface area contributed by atoms with Crippen LogP contribution in [0, 0.1) is 0 Å². The minimum absolute atomic E-state index is 0.0147. The molecule has 1 aromatic carbocycles. The number of carbonyl (C=O) groups is 2. The van der Waals surface area contributed by atoms with Gasteiger partial charge in [-0.15, -0.1) is 11.8 Å². The van der Waals surface area contributed by atoms with Gasteiger partial charge in [-0.3, -0.25) is 4.79 Å². The maximum Gasteiger partial charge on any atom is 0.407 e. The van der Waals surface area contributed by atoms with Crippen LogP contribution in [-0.4, -0.2) is 40.6 Å². The lowest BCUT2D eigenvalue weighted by atomic mass is 9.56. The van der Waals surface area contributed by atoms with E-state index in [4.69, 9.17) is 4.74 Å². The molecule has 126 valence electrons. The molecule has 1 amide bonds. The van der Waals surface area contributed by atoms with E-state index < -0.39 is 22.5 Å². The zero-order valence-corrected chi connectivity index (χ0v) is 14.4. The maximum absolute atomic E-state index is 12.9. The Morgan fingerprint density at radius 3 is 2.92 bits per heavy atom. The number of thioether (sulfide) groups is 1. The van der Waals surface area contributed by atoms with Crippen molar-refractivity contribution in [1.29, 1.82) is 0 Å². The topological polar surface area (TPSA) is 75.6 Å². The normalized spacial score (nSPS) is 36.5. The molecule has 0 aromatic heterocycles. The highest BCUT2D eigenvalue weighted by Crippen LogP contribution is 2.64. The summed E-state index contributed by atoms with van der Waals surface area (Å²) in [5.41, 5.74) is 1.42. The molecule has 1 fully saturated rings. The summed E-state index contributed by atoms with van der Waals surface area (Å²) in [6, 6.07) is 7.05. The van der Waals surface area contributed by atoms with Gasteiger partial charge in [-0.1, -0.05) is 37.3 Å². The highest BCUT2D eigenvalue weighted by atomic mass is 32.2. The molecule has 1 heterocycles. The zero-order valence-electron chi connectivity index (χ0n) is 13.5. The van der Waals surface area contributed by atoms with Gasteiger partial charge in [0, 0.05) is 18.1 Å². The molecule has 0 saturated heterocycles. The first-order chi connectivity index (χ1) is 11.4. The molecule has 2 bridgehead atoms. The van der Waals surface area contributed by atoms with Crippen LogP contribution in [0.3, 0.4) is 0 Å². The van der Waals surface area contributed by atoms with Crippen LogP contribution in [0.15, 0.2) is 35.9 Å². The van der Waals surface area contributed by atoms with Crippen molar-refractivity contribution < 1.29 is 19.4 Å². The third-order valence-corrected chi connectivity index (χ3v) is 7.24. The second kappa shape index (κ2) is 5.10. The summed E-state index contributed by atoms with van der Waals surface area (Å²) >= 11 is 1.62. The molecule has 4 rings (SSSR count). The Morgan fingerprint density at radius 2 is 2.17 bits per heavy atom. The number of hydrogen-bond acceptors (Lipinski definition) is 5. The van der Waals surface area contributed by atoms with Gasteiger partial charge in [0.05, 0.1) is 11.9 Å². The van der Waals surface area contributed by atoms with Crippen molar-refractivity contribution in [2.24, 2.45) is 0 Å². The van der Waals surface area contributed by atoms with E-state index in [0.29, 0.717) is 5.75 Å². The third-order valence-electron chi connectivity index (χ3n) is 5.62. The molecular weight excluding hydrogens is 326 g/mol. The fraction of sp³-hybridized carbons (Fsp3) is 0.444. The van der Waals surface area contributed by atoms with E-state index in [1.54, 1.807) is 11.8 Å². The lowest BCUT2D eigenvalue weighted by molar-refractivity contribution is -0.129. The van der Waals surface area contributed by atoms with Crippen molar-refractivity contribution in [3.63, 3.8) is 0 Å². The fourth-order valence-electron chi connectivity index (χ4n) is 4.61. The van der Waals surface area contributed by atoms with Gasteiger partial charge in [0.1, 0.15) is 11.6 Å². The van der Waals surface area contributed by atoms with E-state index >= 15 is 0 Å². The van der Waals surface area contributed by atoms with Crippen LogP contribution in [0.25, 0.3) is 0 Å². The Labute approximate surface area is 144 Å². The first-order valence-electron chi connectivity index (χ1n) is 7.99. The molecule has 0 radical (unpaired) electrons. The molecule has 2 aliphatic carbocycles. The molecule has 2 N–H and O–H groups in total. The second-order valence-corrected chi connectivity index (χ2v) is 7.90. The number of Topliss-reactive ketones (excluding diaryl/α,β-unsaturated/α-hetero) is 1. The van der Waals surface area contributed by atoms with Gasteiger partial charge in [0.2, 0.25) is 0 Å². The predicted octanol–water partition coefficient (Wildman–Crippen LogP) is 2.10. The van der Waals surface area contributed by atoms with Crippen molar-refractivity contribution >= 4 is 23.6 Å². The molecule has 24 heavy (non-hydrogen) atoms. The van der Waals surface area contributed by atoms with E-state index in [-0.39, 0.29) is 18.1 Å². The maximum atomic E-state index is 12.9. The van der Waals surface area contributed by atoms with E-state index in [2.05, 4.69) is 12.2 Å². The summed E-state index contributed by atoms with van der Waals surface area (Å²) in [4.78, 5) is 24.7. The highest BCUT2D eigenvalue weighted by molar-refractivity contribution is 8.01. The molecule has 4 atom stereocenters. The summed E-state index contributed by atoms with van der Waals surface area (Å²) in [5.74, 6) is 0.540. The van der Waals surface area contributed by atoms with Gasteiger partial charge in [0.25, 0.3) is 0 Å². The smallest absolute Gasteiger partial charge is 0.407 e. The molecule has 1 aromatic rings. The number of ether oxygens (including phenoxy) is 1. The SMILES string of the molecule is COC(=O)N[C@H]1C(=O)C[C@]2(O)C3=CCS[C@@]31C(C)c1ccccc12. The van der Waals surface area contributed by atoms with Crippen molar-refractivity contribution in [3.05, 3.63) is 47.0 Å². The minimum Gasteiger partial charge on any atom is -0.453 e. The lowest BCUT2D eigenvalue weighted by Gasteiger charge is -2.56. The standard InChI is InChI=1S/C18H19NO4S/c1-10-11-5-3-4-6-12(11)17(22)9-13(20)15(19-16(21)23-2)18(10)14(17)7-8-24-18/h3-7,10,15,22H,8-9H2,1-2H3,(H,19,21)/t10?,15-,17+,18-/m0/s1. The van der Waals surface area contributed by atoms with Crippen LogP contribution >= 0.6 is 11.8 Å². The van der Waals surface area contributed by atoms with E-state index in [1.165, 1.54) is 7.11 Å². The summed E-state index contributed by atoms with van der Waals surface area (Å²) in [6.07, 6.45) is 1.38. The summed E-state index contributed by atoms with van der Waals surface area (Å²) in [6.45, 7) is 2.06. The number of methoxy groups -OCH3 is 1. The number of benzene rings is 1. The number of aliphatic hydroxyl groups is 1. The number of rotatable bonds is 1. The van der Waals surface area contributed by atoms with Gasteiger partial charge >= 0.3 is 6.09 Å². The fourth-order valence-corrected chi connectivity index (χ4v) is 6.28. The van der Waals surface area contributed by atoms with Gasteiger partial charge in [-0.25, -0.2) is 4.79 Å². The first-order valence-corrected chi connectivity index (χ1v) is 8.97. The van der Waals surface area contributed by atoms with Gasteiger partial charge in [-0.05, 0) is 16.7 Å². The van der Waals surface area contributed by atoms with E-state index in [9.17, 15) is 14.7 Å². The van der Waals surface area contributed by atoms with Crippen LogP contribution in [0.4, 0.5) is 4.79 Å². The summed E-state index contributed by atoms with van der Waals surface area (Å²) in [5, 5.41) is 14.2. The number of nitrogens with one attached hydrogen (secondary N) is 1. The molecule has 6 heteroatoms. The summed E-state index contributed by atoms with van der Waals surface area (Å²) < 4.78 is 4.06. The van der Waals surface area contributed by atoms with Crippen molar-refractivity contribution in [3.8, 4) is 0 Å². The third kappa shape index (κ3) is 1.75. The van der Waals surface area contributed by atoms with Crippen LogP contribution in [-0.2, 0) is 15.1 Å². The molecule has 5 nitrogen and oxygen atoms in total. The van der Waals surface area contributed by atoms with Gasteiger partial charge in [0.15, 0.2) is 5.78 Å². The lowest BCUT2D eigenvalue weighted by Crippen LogP contribution is -2.66. The number of ketones is 1. The molecule has 3 aliphatic rings. The van der Waals surface area contributed by atoms with Crippen molar-refractivity contribution in [2.45, 2.75) is 35.7 Å². The summed E-state index contributed by atoms with van der Waals surface area (Å²) in [7, 11) is 1.29. The Bertz CT molecular complexity index is 776. The van der Waals surface area contributed by atoms with Gasteiger partial charge < -0.3 is 15.2 Å². The predicted molar refractivity (Wildman–Crippen MR) is 91.0 cm³/mol. The van der Waals surface area contributed by atoms with E-state index in [1.807, 2.05) is 30.3 Å². The Kier molecular flexibility index (Phi) is 3.34. The number of hydrogen-bond donors (Lipinski definition) is 2. The number of alkyl carbamates (subject to hydrolysis) is 1. The zero-order chi connectivity index (χ0) is 17.1. The van der Waals surface area contributed by atoms with Crippen LogP contribution in [0.1, 0.15) is 30.4 Å². The van der Waals surface area contributed by atoms with Crippen LogP contribution < -0.4 is 5.32 Å². The molecule has 1 unspecified atom stereocenters. The minimum atomic E-state index is -1.28. The number of fused-ring (bicyclic) bond motifs is 2. The average Bonchev–Trinajstić information content (AvgIpc) is 3.04. The van der Waals surface area contributed by atoms with Gasteiger partial charge in [-0.2, -0.15) is 0 Å². The Hall–Kier alpha value is -1.79. The molecule has 1 aliphatic heterocycles. The van der Waals surface area contributed by atoms with E-state index in [0.717, 1.165) is 16.7 Å². The number of amides is 1. The van der Waals surface area contributed by atoms with Crippen LogP contribution in [0.5, 0.6) is 0 Å². The molecule has 0 spiro atoms. The quantitative estimate of drug-likeness (QED) is 0.763. The average molecular weight is 345 g/mol. The largest absolute Gasteiger partial charge is 0.453 e.